The highest BCUT2D eigenvalue weighted by Gasteiger charge is 2.26. The zero-order valence-electron chi connectivity index (χ0n) is 14.8. The second-order valence-corrected chi connectivity index (χ2v) is 6.34. The van der Waals surface area contributed by atoms with Crippen LogP contribution in [0.2, 0.25) is 0 Å². The lowest BCUT2D eigenvalue weighted by molar-refractivity contribution is -0.133. The van der Waals surface area contributed by atoms with Crippen molar-refractivity contribution in [1.29, 1.82) is 0 Å². The van der Waals surface area contributed by atoms with Crippen LogP contribution in [0.15, 0.2) is 36.8 Å². The first kappa shape index (κ1) is 17.6. The van der Waals surface area contributed by atoms with Gasteiger partial charge in [0.15, 0.2) is 0 Å². The predicted octanol–water partition coefficient (Wildman–Crippen LogP) is 2.46. The molecule has 0 atom stereocenters. The first-order chi connectivity index (χ1) is 12.3. The highest BCUT2D eigenvalue weighted by molar-refractivity contribution is 5.76. The van der Waals surface area contributed by atoms with Gasteiger partial charge in [0.2, 0.25) is 5.91 Å². The van der Waals surface area contributed by atoms with Crippen molar-refractivity contribution in [2.75, 3.05) is 26.3 Å². The molecule has 0 aromatic carbocycles. The minimum absolute atomic E-state index is 0.198. The number of ether oxygens (including phenoxy) is 1. The Labute approximate surface area is 148 Å². The lowest BCUT2D eigenvalue weighted by Crippen LogP contribution is -2.38. The summed E-state index contributed by atoms with van der Waals surface area (Å²) in [6, 6.07) is 5.96. The number of carbonyl (C=O) groups excluding carboxylic acids is 1. The second kappa shape index (κ2) is 8.76. The summed E-state index contributed by atoms with van der Waals surface area (Å²) in [5, 5.41) is 0. The molecule has 0 spiro atoms. The monoisotopic (exact) mass is 342 g/mol. The Morgan fingerprint density at radius 1 is 1.24 bits per heavy atom. The summed E-state index contributed by atoms with van der Waals surface area (Å²) in [7, 11) is 0. The Kier molecular flexibility index (Phi) is 6.17. The third kappa shape index (κ3) is 4.66. The topological polar surface area (TPSA) is 60.2 Å². The largest absolute Gasteiger partial charge is 0.381 e. The number of hydrogen-bond acceptors (Lipinski definition) is 4. The normalized spacial score (nSPS) is 15.5. The zero-order chi connectivity index (χ0) is 17.5. The Morgan fingerprint density at radius 2 is 2.08 bits per heavy atom. The number of carbonyl (C=O) groups is 1. The van der Waals surface area contributed by atoms with Gasteiger partial charge in [-0.25, -0.2) is 4.98 Å². The summed E-state index contributed by atoms with van der Waals surface area (Å²) in [6.45, 7) is 5.46. The summed E-state index contributed by atoms with van der Waals surface area (Å²) in [5.41, 5.74) is 1.03. The van der Waals surface area contributed by atoms with Gasteiger partial charge in [0, 0.05) is 44.2 Å². The molecule has 1 amide bonds. The molecule has 2 aromatic heterocycles. The Hall–Kier alpha value is -2.21. The van der Waals surface area contributed by atoms with Gasteiger partial charge in [0.1, 0.15) is 5.82 Å². The summed E-state index contributed by atoms with van der Waals surface area (Å²) < 4.78 is 7.46. The molecular weight excluding hydrogens is 316 g/mol. The van der Waals surface area contributed by atoms with Crippen molar-refractivity contribution in [2.45, 2.75) is 38.6 Å². The Balaban J connectivity index is 1.55. The van der Waals surface area contributed by atoms with Gasteiger partial charge in [0.05, 0.1) is 25.3 Å². The van der Waals surface area contributed by atoms with Crippen LogP contribution in [0.4, 0.5) is 0 Å². The van der Waals surface area contributed by atoms with E-state index in [0.29, 0.717) is 25.6 Å². The van der Waals surface area contributed by atoms with Crippen LogP contribution in [0.25, 0.3) is 0 Å². The van der Waals surface area contributed by atoms with Crippen molar-refractivity contribution in [2.24, 2.45) is 0 Å². The number of piperidine rings is 1. The molecule has 0 radical (unpaired) electrons. The Morgan fingerprint density at radius 3 is 2.80 bits per heavy atom. The van der Waals surface area contributed by atoms with E-state index >= 15 is 0 Å². The van der Waals surface area contributed by atoms with Gasteiger partial charge in [0.25, 0.3) is 0 Å². The first-order valence-electron chi connectivity index (χ1n) is 9.04. The quantitative estimate of drug-likeness (QED) is 0.725. The van der Waals surface area contributed by atoms with Gasteiger partial charge in [-0.3, -0.25) is 9.78 Å². The average molecular weight is 342 g/mol. The summed E-state index contributed by atoms with van der Waals surface area (Å²) in [4.78, 5) is 23.1. The number of nitrogens with zero attached hydrogens (tertiary/aromatic N) is 4. The van der Waals surface area contributed by atoms with E-state index in [1.54, 1.807) is 0 Å². The van der Waals surface area contributed by atoms with Crippen LogP contribution in [-0.4, -0.2) is 51.6 Å². The molecule has 1 saturated heterocycles. The first-order valence-corrected chi connectivity index (χ1v) is 9.04. The van der Waals surface area contributed by atoms with Gasteiger partial charge < -0.3 is 14.2 Å². The van der Waals surface area contributed by atoms with Crippen LogP contribution < -0.4 is 0 Å². The molecule has 1 aliphatic rings. The lowest BCUT2D eigenvalue weighted by atomic mass is 9.95. The standard InChI is InChI=1S/C19H26N4O2/c1-2-25-14-8-18(24)22-11-6-16(7-12-22)19-21-10-13-23(19)15-17-5-3-4-9-20-17/h3-5,9-10,13,16H,2,6-8,11-12,14-15H2,1H3. The maximum atomic E-state index is 12.2. The smallest absolute Gasteiger partial charge is 0.224 e. The Bertz CT molecular complexity index is 663. The van der Waals surface area contributed by atoms with Crippen molar-refractivity contribution in [3.8, 4) is 0 Å². The molecule has 0 saturated carbocycles. The van der Waals surface area contributed by atoms with Crippen LogP contribution in [0.5, 0.6) is 0 Å². The number of hydrogen-bond donors (Lipinski definition) is 0. The van der Waals surface area contributed by atoms with E-state index in [9.17, 15) is 4.79 Å². The number of rotatable bonds is 7. The van der Waals surface area contributed by atoms with E-state index < -0.39 is 0 Å². The van der Waals surface area contributed by atoms with Crippen LogP contribution in [0.1, 0.15) is 43.6 Å². The average Bonchev–Trinajstić information content (AvgIpc) is 3.11. The molecule has 6 heteroatoms. The van der Waals surface area contributed by atoms with Gasteiger partial charge >= 0.3 is 0 Å². The minimum atomic E-state index is 0.198. The summed E-state index contributed by atoms with van der Waals surface area (Å²) in [5.74, 6) is 1.70. The molecule has 0 aliphatic carbocycles. The van der Waals surface area contributed by atoms with E-state index in [0.717, 1.165) is 44.0 Å². The minimum Gasteiger partial charge on any atom is -0.381 e. The zero-order valence-corrected chi connectivity index (χ0v) is 14.8. The van der Waals surface area contributed by atoms with Crippen LogP contribution in [0.3, 0.4) is 0 Å². The second-order valence-electron chi connectivity index (χ2n) is 6.34. The fourth-order valence-electron chi connectivity index (χ4n) is 3.33. The molecule has 0 N–H and O–H groups in total. The molecule has 0 unspecified atom stereocenters. The van der Waals surface area contributed by atoms with Crippen LogP contribution in [-0.2, 0) is 16.1 Å². The molecule has 134 valence electrons. The third-order valence-electron chi connectivity index (χ3n) is 4.68. The maximum Gasteiger partial charge on any atom is 0.224 e. The molecule has 1 aliphatic heterocycles. The fraction of sp³-hybridized carbons (Fsp3) is 0.526. The molecule has 6 nitrogen and oxygen atoms in total. The fourth-order valence-corrected chi connectivity index (χ4v) is 3.33. The summed E-state index contributed by atoms with van der Waals surface area (Å²) in [6.07, 6.45) is 8.09. The molecule has 3 heterocycles. The molecule has 2 aromatic rings. The molecule has 25 heavy (non-hydrogen) atoms. The number of likely N-dealkylation sites (tertiary alicyclic amines) is 1. The SMILES string of the molecule is CCOCCC(=O)N1CCC(c2nccn2Cc2ccccn2)CC1. The van der Waals surface area contributed by atoms with Crippen LogP contribution >= 0.6 is 0 Å². The molecule has 0 bridgehead atoms. The van der Waals surface area contributed by atoms with Gasteiger partial charge in [-0.05, 0) is 31.9 Å². The van der Waals surface area contributed by atoms with E-state index in [1.807, 2.05) is 48.6 Å². The van der Waals surface area contributed by atoms with E-state index in [2.05, 4.69) is 14.5 Å². The maximum absolute atomic E-state index is 12.2. The molecule has 3 rings (SSSR count). The van der Waals surface area contributed by atoms with Crippen molar-refractivity contribution in [3.05, 3.63) is 48.3 Å². The third-order valence-corrected chi connectivity index (χ3v) is 4.68. The van der Waals surface area contributed by atoms with E-state index in [1.165, 1.54) is 0 Å². The van der Waals surface area contributed by atoms with Gasteiger partial charge in [-0.2, -0.15) is 0 Å². The van der Waals surface area contributed by atoms with Crippen molar-refractivity contribution in [3.63, 3.8) is 0 Å². The van der Waals surface area contributed by atoms with Crippen molar-refractivity contribution in [1.82, 2.24) is 19.4 Å². The van der Waals surface area contributed by atoms with Crippen molar-refractivity contribution < 1.29 is 9.53 Å². The van der Waals surface area contributed by atoms with Gasteiger partial charge in [-0.1, -0.05) is 6.07 Å². The lowest BCUT2D eigenvalue weighted by Gasteiger charge is -2.32. The number of amides is 1. The molecular formula is C19H26N4O2. The number of pyridine rings is 1. The summed E-state index contributed by atoms with van der Waals surface area (Å²) >= 11 is 0. The van der Waals surface area contributed by atoms with E-state index in [-0.39, 0.29) is 5.91 Å². The number of aromatic nitrogens is 3. The van der Waals surface area contributed by atoms with Crippen LogP contribution in [0, 0.1) is 0 Å². The molecule has 1 fully saturated rings. The highest BCUT2D eigenvalue weighted by Crippen LogP contribution is 2.27. The number of imidazole rings is 1. The van der Waals surface area contributed by atoms with Gasteiger partial charge in [-0.15, -0.1) is 0 Å². The highest BCUT2D eigenvalue weighted by atomic mass is 16.5. The van der Waals surface area contributed by atoms with E-state index in [4.69, 9.17) is 4.74 Å². The predicted molar refractivity (Wildman–Crippen MR) is 95.2 cm³/mol. The van der Waals surface area contributed by atoms with Crippen molar-refractivity contribution >= 4 is 5.91 Å².